The number of carbonyl (C=O) groups excluding carboxylic acids is 1. The third kappa shape index (κ3) is 5.06. The van der Waals surface area contributed by atoms with E-state index in [2.05, 4.69) is 10.3 Å². The molecule has 0 saturated carbocycles. The molecule has 0 atom stereocenters. The first-order chi connectivity index (χ1) is 15.5. The molecule has 6 nitrogen and oxygen atoms in total. The molecule has 32 heavy (non-hydrogen) atoms. The van der Waals surface area contributed by atoms with Crippen LogP contribution >= 0.6 is 11.3 Å². The number of hydrogen-bond acceptors (Lipinski definition) is 5. The maximum Gasteiger partial charge on any atom is 0.262 e. The highest BCUT2D eigenvalue weighted by Gasteiger charge is 2.14. The Morgan fingerprint density at radius 3 is 2.72 bits per heavy atom. The van der Waals surface area contributed by atoms with E-state index in [0.717, 1.165) is 22.4 Å². The van der Waals surface area contributed by atoms with E-state index >= 15 is 0 Å². The molecule has 0 radical (unpaired) electrons. The van der Waals surface area contributed by atoms with Gasteiger partial charge in [0.1, 0.15) is 17.2 Å². The molecular formula is C25H25N3O3S. The van der Waals surface area contributed by atoms with Crippen molar-refractivity contribution in [2.75, 3.05) is 13.2 Å². The summed E-state index contributed by atoms with van der Waals surface area (Å²) >= 11 is 1.46. The summed E-state index contributed by atoms with van der Waals surface area (Å²) in [7, 11) is 0. The van der Waals surface area contributed by atoms with Crippen molar-refractivity contribution in [3.05, 3.63) is 81.7 Å². The molecular weight excluding hydrogens is 422 g/mol. The van der Waals surface area contributed by atoms with Crippen molar-refractivity contribution in [1.29, 1.82) is 0 Å². The van der Waals surface area contributed by atoms with Crippen molar-refractivity contribution in [2.45, 2.75) is 26.8 Å². The lowest BCUT2D eigenvalue weighted by Gasteiger charge is -2.09. The Balaban J connectivity index is 1.36. The lowest BCUT2D eigenvalue weighted by Crippen LogP contribution is -2.30. The lowest BCUT2D eigenvalue weighted by atomic mass is 10.1. The molecule has 2 aromatic carbocycles. The number of hydrogen-bond donors (Lipinski definition) is 1. The number of carbonyl (C=O) groups is 1. The molecule has 0 spiro atoms. The number of nitrogens with one attached hydrogen (secondary N) is 1. The van der Waals surface area contributed by atoms with Gasteiger partial charge < -0.3 is 10.1 Å². The molecule has 2 heterocycles. The summed E-state index contributed by atoms with van der Waals surface area (Å²) in [6, 6.07) is 15.9. The molecule has 4 aromatic rings. The first kappa shape index (κ1) is 21.8. The molecule has 0 aliphatic heterocycles. The Morgan fingerprint density at radius 1 is 1.12 bits per heavy atom. The maximum atomic E-state index is 13.1. The van der Waals surface area contributed by atoms with Crippen LogP contribution in [0, 0.1) is 13.8 Å². The number of ether oxygens (including phenoxy) is 1. The second-order valence-electron chi connectivity index (χ2n) is 7.70. The summed E-state index contributed by atoms with van der Waals surface area (Å²) in [4.78, 5) is 30.4. The fraction of sp³-hybridized carbons (Fsp3) is 0.240. The number of aryl methyl sites for hydroxylation is 3. The van der Waals surface area contributed by atoms with Crippen molar-refractivity contribution in [2.24, 2.45) is 0 Å². The van der Waals surface area contributed by atoms with Crippen LogP contribution in [0.25, 0.3) is 21.3 Å². The van der Waals surface area contributed by atoms with Gasteiger partial charge in [-0.05, 0) is 37.1 Å². The summed E-state index contributed by atoms with van der Waals surface area (Å²) in [5.41, 5.74) is 4.04. The Kier molecular flexibility index (Phi) is 6.66. The predicted molar refractivity (Wildman–Crippen MR) is 128 cm³/mol. The van der Waals surface area contributed by atoms with E-state index in [1.807, 2.05) is 67.8 Å². The minimum Gasteiger partial charge on any atom is -0.492 e. The summed E-state index contributed by atoms with van der Waals surface area (Å²) in [6.07, 6.45) is 1.72. The fourth-order valence-corrected chi connectivity index (χ4v) is 4.35. The van der Waals surface area contributed by atoms with Crippen LogP contribution in [-0.4, -0.2) is 28.6 Å². The van der Waals surface area contributed by atoms with Crippen LogP contribution in [0.2, 0.25) is 0 Å². The van der Waals surface area contributed by atoms with Crippen LogP contribution in [0.4, 0.5) is 0 Å². The monoisotopic (exact) mass is 447 g/mol. The van der Waals surface area contributed by atoms with Gasteiger partial charge in [-0.3, -0.25) is 14.2 Å². The minimum atomic E-state index is -0.131. The van der Waals surface area contributed by atoms with E-state index in [-0.39, 0.29) is 24.4 Å². The number of rotatable bonds is 8. The van der Waals surface area contributed by atoms with E-state index in [4.69, 9.17) is 4.74 Å². The molecule has 164 valence electrons. The molecule has 7 heteroatoms. The summed E-state index contributed by atoms with van der Waals surface area (Å²) in [6.45, 7) is 5.10. The topological polar surface area (TPSA) is 73.2 Å². The van der Waals surface area contributed by atoms with Gasteiger partial charge in [0, 0.05) is 23.9 Å². The Hall–Kier alpha value is -3.45. The average molecular weight is 448 g/mol. The molecule has 0 unspecified atom stereocenters. The van der Waals surface area contributed by atoms with Crippen molar-refractivity contribution in [3.63, 3.8) is 0 Å². The normalized spacial score (nSPS) is 10.9. The Morgan fingerprint density at radius 2 is 1.94 bits per heavy atom. The molecule has 0 saturated heterocycles. The van der Waals surface area contributed by atoms with Gasteiger partial charge in [0.15, 0.2) is 0 Å². The van der Waals surface area contributed by atoms with Crippen LogP contribution in [0.3, 0.4) is 0 Å². The van der Waals surface area contributed by atoms with Gasteiger partial charge in [-0.2, -0.15) is 0 Å². The van der Waals surface area contributed by atoms with Gasteiger partial charge in [-0.15, -0.1) is 11.3 Å². The van der Waals surface area contributed by atoms with Gasteiger partial charge in [0.25, 0.3) is 5.56 Å². The van der Waals surface area contributed by atoms with Crippen LogP contribution in [0.15, 0.2) is 65.0 Å². The molecule has 0 aliphatic rings. The molecule has 2 aromatic heterocycles. The zero-order valence-electron chi connectivity index (χ0n) is 18.1. The predicted octanol–water partition coefficient (Wildman–Crippen LogP) is 4.33. The van der Waals surface area contributed by atoms with Crippen molar-refractivity contribution < 1.29 is 9.53 Å². The standard InChI is InChI=1S/C25H25N3O3S/c1-17-6-8-19(9-7-17)21-15-32-24-23(21)25(30)28(16-27-24)12-10-22(29)26-11-13-31-20-5-3-4-18(2)14-20/h3-9,14-16H,10-13H2,1-2H3,(H,26,29). The van der Waals surface area contributed by atoms with Gasteiger partial charge in [0.05, 0.1) is 18.3 Å². The van der Waals surface area contributed by atoms with Gasteiger partial charge in [-0.1, -0.05) is 42.0 Å². The van der Waals surface area contributed by atoms with Gasteiger partial charge in [-0.25, -0.2) is 4.98 Å². The molecule has 0 fully saturated rings. The van der Waals surface area contributed by atoms with Crippen molar-refractivity contribution in [3.8, 4) is 16.9 Å². The quantitative estimate of drug-likeness (QED) is 0.408. The molecule has 0 bridgehead atoms. The van der Waals surface area contributed by atoms with Gasteiger partial charge >= 0.3 is 0 Å². The second kappa shape index (κ2) is 9.78. The first-order valence-corrected chi connectivity index (χ1v) is 11.4. The highest BCUT2D eigenvalue weighted by molar-refractivity contribution is 7.17. The lowest BCUT2D eigenvalue weighted by molar-refractivity contribution is -0.121. The second-order valence-corrected chi connectivity index (χ2v) is 8.56. The summed E-state index contributed by atoms with van der Waals surface area (Å²) < 4.78 is 7.15. The smallest absolute Gasteiger partial charge is 0.262 e. The van der Waals surface area contributed by atoms with E-state index in [1.165, 1.54) is 27.8 Å². The molecule has 0 aliphatic carbocycles. The highest BCUT2D eigenvalue weighted by Crippen LogP contribution is 2.30. The van der Waals surface area contributed by atoms with Crippen LogP contribution in [0.5, 0.6) is 5.75 Å². The van der Waals surface area contributed by atoms with E-state index in [1.54, 1.807) is 0 Å². The van der Waals surface area contributed by atoms with Crippen LogP contribution in [0.1, 0.15) is 17.5 Å². The van der Waals surface area contributed by atoms with Crippen molar-refractivity contribution >= 4 is 27.5 Å². The van der Waals surface area contributed by atoms with Gasteiger partial charge in [0.2, 0.25) is 5.91 Å². The molecule has 4 rings (SSSR count). The number of aromatic nitrogens is 2. The molecule has 1 amide bonds. The maximum absolute atomic E-state index is 13.1. The largest absolute Gasteiger partial charge is 0.492 e. The van der Waals surface area contributed by atoms with E-state index < -0.39 is 0 Å². The number of thiophene rings is 1. The third-order valence-corrected chi connectivity index (χ3v) is 6.07. The van der Waals surface area contributed by atoms with E-state index in [9.17, 15) is 9.59 Å². The first-order valence-electron chi connectivity index (χ1n) is 10.5. The average Bonchev–Trinajstić information content (AvgIpc) is 3.22. The van der Waals surface area contributed by atoms with E-state index in [0.29, 0.717) is 23.4 Å². The van der Waals surface area contributed by atoms with Crippen LogP contribution < -0.4 is 15.6 Å². The number of fused-ring (bicyclic) bond motifs is 1. The Bertz CT molecular complexity index is 1290. The summed E-state index contributed by atoms with van der Waals surface area (Å²) in [5.74, 6) is 0.652. The SMILES string of the molecule is Cc1ccc(-c2csc3ncn(CCC(=O)NCCOc4cccc(C)c4)c(=O)c23)cc1. The summed E-state index contributed by atoms with van der Waals surface area (Å²) in [5, 5.41) is 5.41. The zero-order chi connectivity index (χ0) is 22.5. The highest BCUT2D eigenvalue weighted by atomic mass is 32.1. The number of benzene rings is 2. The fourth-order valence-electron chi connectivity index (χ4n) is 3.45. The molecule has 1 N–H and O–H groups in total. The van der Waals surface area contributed by atoms with Crippen molar-refractivity contribution in [1.82, 2.24) is 14.9 Å². The Labute approximate surface area is 190 Å². The number of nitrogens with zero attached hydrogens (tertiary/aromatic N) is 2. The zero-order valence-corrected chi connectivity index (χ0v) is 18.9. The van der Waals surface area contributed by atoms with Crippen LogP contribution in [-0.2, 0) is 11.3 Å². The number of amides is 1. The minimum absolute atomic E-state index is 0.123. The third-order valence-electron chi connectivity index (χ3n) is 5.19.